The molecule has 18 heavy (non-hydrogen) atoms. The van der Waals surface area contributed by atoms with E-state index in [0.717, 1.165) is 16.5 Å². The molecule has 0 unspecified atom stereocenters. The lowest BCUT2D eigenvalue weighted by atomic mass is 10.1. The van der Waals surface area contributed by atoms with Crippen molar-refractivity contribution in [3.63, 3.8) is 0 Å². The first-order valence-electron chi connectivity index (χ1n) is 6.13. The third kappa shape index (κ3) is 3.83. The molecule has 1 atom stereocenters. The van der Waals surface area contributed by atoms with Crippen molar-refractivity contribution in [2.45, 2.75) is 25.3 Å². The molecule has 0 saturated carbocycles. The van der Waals surface area contributed by atoms with Crippen LogP contribution >= 0.6 is 34.2 Å². The van der Waals surface area contributed by atoms with Gasteiger partial charge in [0.25, 0.3) is 5.91 Å². The fraction of sp³-hybridized carbons (Fsp3) is 0.462. The Bertz CT molecular complexity index is 433. The van der Waals surface area contributed by atoms with Crippen LogP contribution in [0, 0.1) is 3.57 Å². The van der Waals surface area contributed by atoms with E-state index in [4.69, 9.17) is 11.6 Å². The monoisotopic (exact) mass is 378 g/mol. The number of hydrogen-bond donors (Lipinski definition) is 2. The van der Waals surface area contributed by atoms with Crippen LogP contribution in [-0.4, -0.2) is 25.0 Å². The summed E-state index contributed by atoms with van der Waals surface area (Å²) < 4.78 is 0.959. The molecule has 0 aliphatic carbocycles. The Balaban J connectivity index is 1.81. The normalized spacial score (nSPS) is 18.9. The van der Waals surface area contributed by atoms with Gasteiger partial charge in [0.1, 0.15) is 0 Å². The zero-order valence-electron chi connectivity index (χ0n) is 10.0. The summed E-state index contributed by atoms with van der Waals surface area (Å²) in [6, 6.07) is 5.94. The second-order valence-corrected chi connectivity index (χ2v) is 6.04. The van der Waals surface area contributed by atoms with Crippen LogP contribution in [0.5, 0.6) is 0 Å². The van der Waals surface area contributed by atoms with Crippen molar-refractivity contribution in [3.8, 4) is 0 Å². The average Bonchev–Trinajstić information content (AvgIpc) is 2.85. The van der Waals surface area contributed by atoms with Gasteiger partial charge in [-0.3, -0.25) is 4.79 Å². The molecule has 0 radical (unpaired) electrons. The predicted octanol–water partition coefficient (Wildman–Crippen LogP) is 2.82. The minimum absolute atomic E-state index is 0.0497. The van der Waals surface area contributed by atoms with E-state index in [-0.39, 0.29) is 5.91 Å². The van der Waals surface area contributed by atoms with Crippen molar-refractivity contribution in [1.82, 2.24) is 10.6 Å². The smallest absolute Gasteiger partial charge is 0.251 e. The van der Waals surface area contributed by atoms with Gasteiger partial charge < -0.3 is 10.6 Å². The predicted molar refractivity (Wildman–Crippen MR) is 82.1 cm³/mol. The molecule has 3 nitrogen and oxygen atoms in total. The quantitative estimate of drug-likeness (QED) is 0.791. The number of halogens is 2. The Morgan fingerprint density at radius 2 is 2.39 bits per heavy atom. The van der Waals surface area contributed by atoms with E-state index in [1.54, 1.807) is 12.1 Å². The summed E-state index contributed by atoms with van der Waals surface area (Å²) in [6.45, 7) is 1.81. The molecule has 98 valence electrons. The Hall–Kier alpha value is -0.330. The molecule has 2 N–H and O–H groups in total. The van der Waals surface area contributed by atoms with Crippen molar-refractivity contribution < 1.29 is 4.79 Å². The van der Waals surface area contributed by atoms with E-state index in [9.17, 15) is 4.79 Å². The van der Waals surface area contributed by atoms with E-state index in [1.807, 2.05) is 6.07 Å². The number of carbonyl (C=O) groups excluding carboxylic acids is 1. The SMILES string of the molecule is O=C(NCC[C@H]1CCCN1)c1ccc(I)c(Cl)c1. The van der Waals surface area contributed by atoms with E-state index in [0.29, 0.717) is 23.2 Å². The van der Waals surface area contributed by atoms with Crippen molar-refractivity contribution in [2.75, 3.05) is 13.1 Å². The van der Waals surface area contributed by atoms with Crippen LogP contribution in [0.25, 0.3) is 0 Å². The molecule has 1 fully saturated rings. The van der Waals surface area contributed by atoms with Gasteiger partial charge in [-0.05, 0) is 66.6 Å². The lowest BCUT2D eigenvalue weighted by Crippen LogP contribution is -2.30. The van der Waals surface area contributed by atoms with Crippen LogP contribution in [0.1, 0.15) is 29.6 Å². The highest BCUT2D eigenvalue weighted by Crippen LogP contribution is 2.19. The molecule has 1 heterocycles. The number of nitrogens with one attached hydrogen (secondary N) is 2. The number of hydrogen-bond acceptors (Lipinski definition) is 2. The van der Waals surface area contributed by atoms with Crippen molar-refractivity contribution in [1.29, 1.82) is 0 Å². The Kier molecular flexibility index (Phi) is 5.26. The molecule has 2 rings (SSSR count). The van der Waals surface area contributed by atoms with Crippen molar-refractivity contribution in [3.05, 3.63) is 32.4 Å². The van der Waals surface area contributed by atoms with E-state index >= 15 is 0 Å². The van der Waals surface area contributed by atoms with Gasteiger partial charge in [-0.25, -0.2) is 0 Å². The Morgan fingerprint density at radius 3 is 3.06 bits per heavy atom. The molecule has 1 amide bonds. The zero-order valence-corrected chi connectivity index (χ0v) is 12.9. The number of amides is 1. The largest absolute Gasteiger partial charge is 0.352 e. The molecule has 1 aromatic carbocycles. The zero-order chi connectivity index (χ0) is 13.0. The summed E-state index contributed by atoms with van der Waals surface area (Å²) in [7, 11) is 0. The molecular formula is C13H16ClIN2O. The van der Waals surface area contributed by atoms with Gasteiger partial charge in [-0.2, -0.15) is 0 Å². The number of carbonyl (C=O) groups is 1. The highest BCUT2D eigenvalue weighted by Gasteiger charge is 2.14. The second kappa shape index (κ2) is 6.73. The summed E-state index contributed by atoms with van der Waals surface area (Å²) in [5.74, 6) is -0.0497. The maximum atomic E-state index is 11.9. The molecule has 0 aromatic heterocycles. The lowest BCUT2D eigenvalue weighted by Gasteiger charge is -2.11. The van der Waals surface area contributed by atoms with Gasteiger partial charge in [-0.15, -0.1) is 0 Å². The molecule has 5 heteroatoms. The molecule has 1 aliphatic rings. The maximum absolute atomic E-state index is 11.9. The van der Waals surface area contributed by atoms with Crippen LogP contribution in [0.3, 0.4) is 0 Å². The molecule has 1 aliphatic heterocycles. The van der Waals surface area contributed by atoms with Gasteiger partial charge >= 0.3 is 0 Å². The molecule has 0 bridgehead atoms. The van der Waals surface area contributed by atoms with Crippen molar-refractivity contribution >= 4 is 40.1 Å². The topological polar surface area (TPSA) is 41.1 Å². The first-order chi connectivity index (χ1) is 8.66. The average molecular weight is 379 g/mol. The van der Waals surface area contributed by atoms with Crippen LogP contribution in [0.2, 0.25) is 5.02 Å². The summed E-state index contributed by atoms with van der Waals surface area (Å²) in [4.78, 5) is 11.9. The van der Waals surface area contributed by atoms with Gasteiger partial charge in [0, 0.05) is 21.7 Å². The highest BCUT2D eigenvalue weighted by atomic mass is 127. The van der Waals surface area contributed by atoms with Crippen LogP contribution < -0.4 is 10.6 Å². The van der Waals surface area contributed by atoms with E-state index < -0.39 is 0 Å². The first kappa shape index (κ1) is 14.1. The maximum Gasteiger partial charge on any atom is 0.251 e. The van der Waals surface area contributed by atoms with Crippen LogP contribution in [0.4, 0.5) is 0 Å². The standard InChI is InChI=1S/C13H16ClIN2O/c14-11-8-9(3-4-12(11)15)13(18)17-7-5-10-2-1-6-16-10/h3-4,8,10,16H,1-2,5-7H2,(H,17,18)/t10-/m1/s1. The highest BCUT2D eigenvalue weighted by molar-refractivity contribution is 14.1. The number of rotatable bonds is 4. The molecular weight excluding hydrogens is 363 g/mol. The fourth-order valence-corrected chi connectivity index (χ4v) is 2.62. The summed E-state index contributed by atoms with van der Waals surface area (Å²) in [5, 5.41) is 6.97. The third-order valence-electron chi connectivity index (χ3n) is 3.12. The minimum Gasteiger partial charge on any atom is -0.352 e. The number of benzene rings is 1. The fourth-order valence-electron chi connectivity index (χ4n) is 2.10. The molecule has 0 spiro atoms. The summed E-state index contributed by atoms with van der Waals surface area (Å²) in [6.07, 6.45) is 3.44. The summed E-state index contributed by atoms with van der Waals surface area (Å²) in [5.41, 5.74) is 0.625. The Morgan fingerprint density at radius 1 is 1.56 bits per heavy atom. The lowest BCUT2D eigenvalue weighted by molar-refractivity contribution is 0.0952. The minimum atomic E-state index is -0.0497. The van der Waals surface area contributed by atoms with E-state index in [1.165, 1.54) is 12.8 Å². The first-order valence-corrected chi connectivity index (χ1v) is 7.59. The van der Waals surface area contributed by atoms with Gasteiger partial charge in [0.15, 0.2) is 0 Å². The van der Waals surface area contributed by atoms with Gasteiger partial charge in [-0.1, -0.05) is 11.6 Å². The van der Waals surface area contributed by atoms with Gasteiger partial charge in [0.2, 0.25) is 0 Å². The molecule has 1 aromatic rings. The van der Waals surface area contributed by atoms with Crippen LogP contribution in [0.15, 0.2) is 18.2 Å². The van der Waals surface area contributed by atoms with Gasteiger partial charge in [0.05, 0.1) is 5.02 Å². The van der Waals surface area contributed by atoms with Crippen LogP contribution in [-0.2, 0) is 0 Å². The van der Waals surface area contributed by atoms with Crippen molar-refractivity contribution in [2.24, 2.45) is 0 Å². The summed E-state index contributed by atoms with van der Waals surface area (Å²) >= 11 is 8.14. The second-order valence-electron chi connectivity index (χ2n) is 4.47. The Labute approximate surface area is 126 Å². The molecule has 1 saturated heterocycles. The third-order valence-corrected chi connectivity index (χ3v) is 4.69. The van der Waals surface area contributed by atoms with E-state index in [2.05, 4.69) is 33.2 Å².